The molecule has 0 aromatic heterocycles. The van der Waals surface area contributed by atoms with Crippen molar-refractivity contribution in [3.63, 3.8) is 0 Å². The van der Waals surface area contributed by atoms with Crippen LogP contribution in [0.15, 0.2) is 54.6 Å². The van der Waals surface area contributed by atoms with Gasteiger partial charge in [0.2, 0.25) is 0 Å². The Morgan fingerprint density at radius 3 is 2.24 bits per heavy atom. The summed E-state index contributed by atoms with van der Waals surface area (Å²) in [4.78, 5) is 2.42. The van der Waals surface area contributed by atoms with Crippen molar-refractivity contribution in [2.45, 2.75) is 12.6 Å². The fourth-order valence-corrected chi connectivity index (χ4v) is 3.83. The maximum Gasteiger partial charge on any atom is 0.122 e. The fraction of sp³-hybridized carbons (Fsp3) is 0.333. The zero-order chi connectivity index (χ0) is 20.2. The van der Waals surface area contributed by atoms with Crippen molar-refractivity contribution < 1.29 is 18.9 Å². The third-order valence-corrected chi connectivity index (χ3v) is 5.41. The van der Waals surface area contributed by atoms with Crippen LogP contribution in [0.3, 0.4) is 0 Å². The highest BCUT2D eigenvalue weighted by molar-refractivity contribution is 5.84. The van der Waals surface area contributed by atoms with Crippen molar-refractivity contribution in [2.75, 3.05) is 41.0 Å². The summed E-state index contributed by atoms with van der Waals surface area (Å²) in [6, 6.07) is 18.7. The monoisotopic (exact) mass is 393 g/mol. The first kappa shape index (κ1) is 19.6. The van der Waals surface area contributed by atoms with E-state index in [-0.39, 0.29) is 6.10 Å². The van der Waals surface area contributed by atoms with Crippen molar-refractivity contribution in [3.05, 3.63) is 65.7 Å². The molecule has 5 heteroatoms. The lowest BCUT2D eigenvalue weighted by atomic mass is 10.0. The van der Waals surface area contributed by atoms with Crippen LogP contribution >= 0.6 is 0 Å². The van der Waals surface area contributed by atoms with E-state index in [4.69, 9.17) is 18.9 Å². The van der Waals surface area contributed by atoms with Crippen LogP contribution in [0.2, 0.25) is 0 Å². The van der Waals surface area contributed by atoms with Gasteiger partial charge in [0.25, 0.3) is 0 Å². The molecule has 0 radical (unpaired) electrons. The lowest BCUT2D eigenvalue weighted by Gasteiger charge is -2.33. The van der Waals surface area contributed by atoms with Gasteiger partial charge in [-0.05, 0) is 52.2 Å². The van der Waals surface area contributed by atoms with Gasteiger partial charge < -0.3 is 18.9 Å². The first-order chi connectivity index (χ1) is 14.2. The lowest BCUT2D eigenvalue weighted by molar-refractivity contribution is -0.0328. The summed E-state index contributed by atoms with van der Waals surface area (Å²) >= 11 is 0. The Kier molecular flexibility index (Phi) is 5.88. The van der Waals surface area contributed by atoms with E-state index in [0.29, 0.717) is 6.61 Å². The molecule has 0 spiro atoms. The molecule has 3 aromatic carbocycles. The van der Waals surface area contributed by atoms with Crippen LogP contribution in [0.1, 0.15) is 17.2 Å². The van der Waals surface area contributed by atoms with Gasteiger partial charge in [-0.2, -0.15) is 0 Å². The number of nitrogens with zero attached hydrogens (tertiary/aromatic N) is 1. The molecule has 1 saturated heterocycles. The van der Waals surface area contributed by atoms with Crippen LogP contribution < -0.4 is 14.2 Å². The summed E-state index contributed by atoms with van der Waals surface area (Å²) in [6.45, 7) is 3.30. The van der Waals surface area contributed by atoms with Crippen molar-refractivity contribution >= 4 is 10.8 Å². The van der Waals surface area contributed by atoms with Crippen molar-refractivity contribution in [1.82, 2.24) is 4.90 Å². The van der Waals surface area contributed by atoms with Gasteiger partial charge in [-0.15, -0.1) is 0 Å². The number of hydrogen-bond donors (Lipinski definition) is 0. The normalized spacial score (nSPS) is 17.3. The van der Waals surface area contributed by atoms with Crippen molar-refractivity contribution in [2.24, 2.45) is 0 Å². The second kappa shape index (κ2) is 8.72. The number of morpholine rings is 1. The first-order valence-electron chi connectivity index (χ1n) is 9.82. The zero-order valence-corrected chi connectivity index (χ0v) is 17.2. The predicted octanol–water partition coefficient (Wildman–Crippen LogP) is 4.44. The molecule has 0 saturated carbocycles. The van der Waals surface area contributed by atoms with Crippen molar-refractivity contribution in [1.29, 1.82) is 0 Å². The van der Waals surface area contributed by atoms with Crippen LogP contribution in [-0.4, -0.2) is 45.9 Å². The molecule has 0 aliphatic carbocycles. The second-order valence-corrected chi connectivity index (χ2v) is 7.29. The highest BCUT2D eigenvalue weighted by atomic mass is 16.5. The Morgan fingerprint density at radius 1 is 0.828 bits per heavy atom. The van der Waals surface area contributed by atoms with Crippen LogP contribution in [0.5, 0.6) is 17.2 Å². The quantitative estimate of drug-likeness (QED) is 0.619. The average molecular weight is 393 g/mol. The molecule has 3 aromatic rings. The third kappa shape index (κ3) is 4.47. The number of hydrogen-bond acceptors (Lipinski definition) is 5. The summed E-state index contributed by atoms with van der Waals surface area (Å²) in [5.41, 5.74) is 2.38. The number of methoxy groups -OCH3 is 3. The number of ether oxygens (including phenoxy) is 4. The molecule has 1 aliphatic rings. The first-order valence-corrected chi connectivity index (χ1v) is 9.82. The zero-order valence-electron chi connectivity index (χ0n) is 17.2. The third-order valence-electron chi connectivity index (χ3n) is 5.41. The van der Waals surface area contributed by atoms with Gasteiger partial charge in [0.15, 0.2) is 0 Å². The summed E-state index contributed by atoms with van der Waals surface area (Å²) in [7, 11) is 5.05. The Bertz CT molecular complexity index is 966. The topological polar surface area (TPSA) is 40.2 Å². The van der Waals surface area contributed by atoms with Gasteiger partial charge in [0, 0.05) is 25.7 Å². The lowest BCUT2D eigenvalue weighted by Crippen LogP contribution is -2.37. The highest BCUT2D eigenvalue weighted by Gasteiger charge is 2.22. The molecule has 1 unspecified atom stereocenters. The molecule has 1 aliphatic heterocycles. The van der Waals surface area contributed by atoms with E-state index in [1.165, 1.54) is 21.9 Å². The van der Waals surface area contributed by atoms with Crippen LogP contribution in [-0.2, 0) is 11.3 Å². The van der Waals surface area contributed by atoms with E-state index < -0.39 is 0 Å². The molecular formula is C24H27NO4. The van der Waals surface area contributed by atoms with Gasteiger partial charge >= 0.3 is 0 Å². The van der Waals surface area contributed by atoms with Crippen LogP contribution in [0.25, 0.3) is 10.8 Å². The molecule has 152 valence electrons. The second-order valence-electron chi connectivity index (χ2n) is 7.29. The minimum atomic E-state index is 0.0581. The molecule has 0 N–H and O–H groups in total. The molecule has 0 amide bonds. The van der Waals surface area contributed by atoms with E-state index in [1.54, 1.807) is 21.3 Å². The number of fused-ring (bicyclic) bond motifs is 1. The summed E-state index contributed by atoms with van der Waals surface area (Å²) in [5.74, 6) is 2.50. The van der Waals surface area contributed by atoms with Crippen molar-refractivity contribution in [3.8, 4) is 17.2 Å². The van der Waals surface area contributed by atoms with Crippen LogP contribution in [0.4, 0.5) is 0 Å². The smallest absolute Gasteiger partial charge is 0.122 e. The Morgan fingerprint density at radius 2 is 1.52 bits per heavy atom. The largest absolute Gasteiger partial charge is 0.497 e. The van der Waals surface area contributed by atoms with Gasteiger partial charge in [0.1, 0.15) is 17.2 Å². The average Bonchev–Trinajstić information content (AvgIpc) is 2.78. The Labute approximate surface area is 171 Å². The minimum absolute atomic E-state index is 0.0581. The SMILES string of the molecule is COc1cc(CN2CCOC(c3ccc4cc(OC)ccc4c3)C2)cc(OC)c1. The molecule has 1 heterocycles. The molecule has 29 heavy (non-hydrogen) atoms. The fourth-order valence-electron chi connectivity index (χ4n) is 3.83. The molecule has 4 rings (SSSR count). The molecular weight excluding hydrogens is 366 g/mol. The van der Waals surface area contributed by atoms with E-state index in [0.717, 1.165) is 36.9 Å². The maximum absolute atomic E-state index is 6.10. The molecule has 1 fully saturated rings. The Balaban J connectivity index is 1.50. The van der Waals surface area contributed by atoms with Gasteiger partial charge in [-0.1, -0.05) is 18.2 Å². The van der Waals surface area contributed by atoms with E-state index in [1.807, 2.05) is 12.1 Å². The van der Waals surface area contributed by atoms with E-state index in [9.17, 15) is 0 Å². The number of rotatable bonds is 6. The van der Waals surface area contributed by atoms with Gasteiger partial charge in [-0.3, -0.25) is 4.90 Å². The molecule has 5 nitrogen and oxygen atoms in total. The molecule has 0 bridgehead atoms. The maximum atomic E-state index is 6.10. The standard InChI is InChI=1S/C24H27NO4/c1-26-21-7-6-18-12-20(5-4-19(18)13-21)24-16-25(8-9-29-24)15-17-10-22(27-2)14-23(11-17)28-3/h4-7,10-14,24H,8-9,15-16H2,1-3H3. The molecule has 1 atom stereocenters. The van der Waals surface area contributed by atoms with Gasteiger partial charge in [-0.25, -0.2) is 0 Å². The summed E-state index contributed by atoms with van der Waals surface area (Å²) < 4.78 is 22.2. The van der Waals surface area contributed by atoms with Crippen LogP contribution in [0, 0.1) is 0 Å². The van der Waals surface area contributed by atoms with E-state index >= 15 is 0 Å². The summed E-state index contributed by atoms with van der Waals surface area (Å²) in [5, 5.41) is 2.37. The highest BCUT2D eigenvalue weighted by Crippen LogP contribution is 2.29. The predicted molar refractivity (Wildman–Crippen MR) is 114 cm³/mol. The minimum Gasteiger partial charge on any atom is -0.497 e. The summed E-state index contributed by atoms with van der Waals surface area (Å²) in [6.07, 6.45) is 0.0581. The van der Waals surface area contributed by atoms with Gasteiger partial charge in [0.05, 0.1) is 34.0 Å². The van der Waals surface area contributed by atoms with E-state index in [2.05, 4.69) is 47.4 Å². The Hall–Kier alpha value is -2.76. The number of benzene rings is 3.